The summed E-state index contributed by atoms with van der Waals surface area (Å²) in [5, 5.41) is 1.18. The molecule has 0 saturated carbocycles. The van der Waals surface area contributed by atoms with Crippen molar-refractivity contribution >= 4 is 34.3 Å². The summed E-state index contributed by atoms with van der Waals surface area (Å²) in [5.41, 5.74) is 3.46. The topological polar surface area (TPSA) is 60.8 Å². The number of carbonyl (C=O) groups excluding carboxylic acids is 1. The zero-order chi connectivity index (χ0) is 22.6. The minimum absolute atomic E-state index is 0.0927. The van der Waals surface area contributed by atoms with Crippen LogP contribution in [0.15, 0.2) is 58.5 Å². The van der Waals surface area contributed by atoms with E-state index >= 15 is 0 Å². The molecule has 0 fully saturated rings. The molecule has 0 radical (unpaired) electrons. The molecule has 2 aromatic carbocycles. The Labute approximate surface area is 190 Å². The van der Waals surface area contributed by atoms with Crippen molar-refractivity contribution in [2.24, 2.45) is 0 Å². The SMILES string of the molecule is CCOC(=O)C1=C(C)N2CCn3c2c(c(=O)c2ccc(Cl)cc23)C1c1ccc(OC)cc1. The lowest BCUT2D eigenvalue weighted by Crippen LogP contribution is -2.35. The Morgan fingerprint density at radius 2 is 1.91 bits per heavy atom. The zero-order valence-electron chi connectivity index (χ0n) is 18.1. The Hall–Kier alpha value is -3.25. The molecule has 1 atom stereocenters. The first-order valence-corrected chi connectivity index (χ1v) is 11.0. The summed E-state index contributed by atoms with van der Waals surface area (Å²) >= 11 is 6.27. The fraction of sp³-hybridized carbons (Fsp3) is 0.280. The van der Waals surface area contributed by atoms with Gasteiger partial charge in [0.1, 0.15) is 11.6 Å². The van der Waals surface area contributed by atoms with Gasteiger partial charge in [0.15, 0.2) is 5.43 Å². The highest BCUT2D eigenvalue weighted by Crippen LogP contribution is 2.47. The third-order valence-corrected chi connectivity index (χ3v) is 6.59. The third-order valence-electron chi connectivity index (χ3n) is 6.36. The van der Waals surface area contributed by atoms with Gasteiger partial charge in [-0.25, -0.2) is 4.79 Å². The average molecular weight is 451 g/mol. The van der Waals surface area contributed by atoms with E-state index in [4.69, 9.17) is 21.1 Å². The van der Waals surface area contributed by atoms with Crippen molar-refractivity contribution < 1.29 is 14.3 Å². The van der Waals surface area contributed by atoms with Crippen LogP contribution < -0.4 is 15.1 Å². The van der Waals surface area contributed by atoms with Crippen LogP contribution in [0.5, 0.6) is 5.75 Å². The summed E-state index contributed by atoms with van der Waals surface area (Å²) in [6, 6.07) is 12.8. The number of halogens is 1. The number of hydrogen-bond donors (Lipinski definition) is 0. The number of anilines is 1. The number of allylic oxidation sites excluding steroid dienone is 1. The molecule has 2 aliphatic heterocycles. The summed E-state index contributed by atoms with van der Waals surface area (Å²) in [7, 11) is 1.61. The van der Waals surface area contributed by atoms with E-state index in [1.54, 1.807) is 26.2 Å². The molecule has 2 aliphatic rings. The van der Waals surface area contributed by atoms with Gasteiger partial charge in [-0.1, -0.05) is 23.7 Å². The van der Waals surface area contributed by atoms with Gasteiger partial charge in [-0.05, 0) is 49.7 Å². The molecule has 3 aromatic rings. The van der Waals surface area contributed by atoms with E-state index in [2.05, 4.69) is 9.47 Å². The van der Waals surface area contributed by atoms with Gasteiger partial charge in [-0.2, -0.15) is 0 Å². The normalized spacial score (nSPS) is 17.0. The minimum Gasteiger partial charge on any atom is -0.497 e. The predicted octanol–water partition coefficient (Wildman–Crippen LogP) is 4.47. The maximum absolute atomic E-state index is 13.9. The monoisotopic (exact) mass is 450 g/mol. The van der Waals surface area contributed by atoms with Crippen LogP contribution in [-0.4, -0.2) is 30.8 Å². The fourth-order valence-corrected chi connectivity index (χ4v) is 5.11. The summed E-state index contributed by atoms with van der Waals surface area (Å²) in [6.07, 6.45) is 0. The highest BCUT2D eigenvalue weighted by atomic mass is 35.5. The van der Waals surface area contributed by atoms with Crippen molar-refractivity contribution in [2.45, 2.75) is 26.3 Å². The van der Waals surface area contributed by atoms with Gasteiger partial charge in [-0.15, -0.1) is 0 Å². The first kappa shape index (κ1) is 20.6. The lowest BCUT2D eigenvalue weighted by molar-refractivity contribution is -0.138. The molecular weight excluding hydrogens is 428 g/mol. The highest BCUT2D eigenvalue weighted by molar-refractivity contribution is 6.31. The standard InChI is InChI=1S/C25H23ClN2O4/c1-4-32-25(30)20-14(2)27-11-12-28-19-13-16(26)7-10-18(19)23(29)22(24(27)28)21(20)15-5-8-17(31-3)9-6-15/h5-10,13,21H,4,11-12H2,1-3H3. The van der Waals surface area contributed by atoms with E-state index < -0.39 is 11.9 Å². The van der Waals surface area contributed by atoms with Gasteiger partial charge in [0, 0.05) is 29.2 Å². The van der Waals surface area contributed by atoms with Gasteiger partial charge in [0.05, 0.1) is 36.3 Å². The molecule has 0 amide bonds. The van der Waals surface area contributed by atoms with Crippen LogP contribution in [0.4, 0.5) is 5.82 Å². The van der Waals surface area contributed by atoms with Gasteiger partial charge in [-0.3, -0.25) is 4.79 Å². The second kappa shape index (κ2) is 7.71. The summed E-state index contributed by atoms with van der Waals surface area (Å²) in [6.45, 7) is 5.34. The Balaban J connectivity index is 1.86. The number of pyridine rings is 1. The van der Waals surface area contributed by atoms with Crippen molar-refractivity contribution in [2.75, 3.05) is 25.2 Å². The Morgan fingerprint density at radius 1 is 1.16 bits per heavy atom. The van der Waals surface area contributed by atoms with Gasteiger partial charge < -0.3 is 18.9 Å². The van der Waals surface area contributed by atoms with E-state index in [0.717, 1.165) is 22.6 Å². The number of hydrogen-bond acceptors (Lipinski definition) is 5. The molecule has 164 valence electrons. The first-order chi connectivity index (χ1) is 15.5. The quantitative estimate of drug-likeness (QED) is 0.549. The predicted molar refractivity (Wildman–Crippen MR) is 125 cm³/mol. The number of benzene rings is 2. The van der Waals surface area contributed by atoms with Gasteiger partial charge in [0.25, 0.3) is 0 Å². The van der Waals surface area contributed by atoms with Crippen LogP contribution in [0.2, 0.25) is 5.02 Å². The van der Waals surface area contributed by atoms with Gasteiger partial charge >= 0.3 is 5.97 Å². The number of esters is 1. The Bertz CT molecular complexity index is 1340. The number of nitrogens with zero attached hydrogens (tertiary/aromatic N) is 2. The summed E-state index contributed by atoms with van der Waals surface area (Å²) in [4.78, 5) is 29.1. The molecule has 0 spiro atoms. The molecule has 1 aromatic heterocycles. The van der Waals surface area contributed by atoms with Crippen LogP contribution in [0.1, 0.15) is 30.9 Å². The van der Waals surface area contributed by atoms with E-state index in [1.165, 1.54) is 0 Å². The van der Waals surface area contributed by atoms with E-state index in [-0.39, 0.29) is 12.0 Å². The highest BCUT2D eigenvalue weighted by Gasteiger charge is 2.42. The molecule has 6 nitrogen and oxygen atoms in total. The molecule has 1 unspecified atom stereocenters. The zero-order valence-corrected chi connectivity index (χ0v) is 18.9. The Kier molecular flexibility index (Phi) is 4.97. The Morgan fingerprint density at radius 3 is 2.59 bits per heavy atom. The fourth-order valence-electron chi connectivity index (χ4n) is 4.94. The molecule has 3 heterocycles. The average Bonchev–Trinajstić information content (AvgIpc) is 3.24. The largest absolute Gasteiger partial charge is 0.497 e. The smallest absolute Gasteiger partial charge is 0.336 e. The maximum Gasteiger partial charge on any atom is 0.336 e. The number of ether oxygens (including phenoxy) is 2. The maximum atomic E-state index is 13.9. The summed E-state index contributed by atoms with van der Waals surface area (Å²) in [5.74, 6) is 0.601. The first-order valence-electron chi connectivity index (χ1n) is 10.6. The number of aromatic nitrogens is 1. The molecule has 0 aliphatic carbocycles. The van der Waals surface area contributed by atoms with E-state index in [9.17, 15) is 9.59 Å². The lowest BCUT2D eigenvalue weighted by Gasteiger charge is -2.34. The van der Waals surface area contributed by atoms with Crippen LogP contribution in [-0.2, 0) is 16.1 Å². The van der Waals surface area contributed by atoms with Crippen molar-refractivity contribution in [3.05, 3.63) is 80.1 Å². The second-order valence-electron chi connectivity index (χ2n) is 7.96. The van der Waals surface area contributed by atoms with Crippen LogP contribution in [0.25, 0.3) is 10.9 Å². The van der Waals surface area contributed by atoms with Crippen LogP contribution in [0, 0.1) is 0 Å². The van der Waals surface area contributed by atoms with E-state index in [0.29, 0.717) is 40.4 Å². The molecule has 0 N–H and O–H groups in total. The van der Waals surface area contributed by atoms with Crippen molar-refractivity contribution in [3.63, 3.8) is 0 Å². The second-order valence-corrected chi connectivity index (χ2v) is 8.39. The molecule has 32 heavy (non-hydrogen) atoms. The molecular formula is C25H23ClN2O4. The van der Waals surface area contributed by atoms with Crippen molar-refractivity contribution in [1.29, 1.82) is 0 Å². The minimum atomic E-state index is -0.539. The lowest BCUT2D eigenvalue weighted by atomic mass is 9.80. The number of methoxy groups -OCH3 is 1. The van der Waals surface area contributed by atoms with E-state index in [1.807, 2.05) is 37.3 Å². The van der Waals surface area contributed by atoms with Crippen molar-refractivity contribution in [3.8, 4) is 5.75 Å². The van der Waals surface area contributed by atoms with Gasteiger partial charge in [0.2, 0.25) is 0 Å². The number of rotatable bonds is 4. The summed E-state index contributed by atoms with van der Waals surface area (Å²) < 4.78 is 12.9. The third kappa shape index (κ3) is 2.93. The molecule has 0 saturated heterocycles. The molecule has 0 bridgehead atoms. The molecule has 5 rings (SSSR count). The number of fused-ring (bicyclic) bond motifs is 2. The van der Waals surface area contributed by atoms with Crippen molar-refractivity contribution in [1.82, 2.24) is 4.57 Å². The molecule has 7 heteroatoms. The van der Waals surface area contributed by atoms with Crippen LogP contribution >= 0.6 is 11.6 Å². The number of carbonyl (C=O) groups is 1. The van der Waals surface area contributed by atoms with Crippen LogP contribution in [0.3, 0.4) is 0 Å².